The topological polar surface area (TPSA) is 43.9 Å². The van der Waals surface area contributed by atoms with Crippen LogP contribution in [0.2, 0.25) is 0 Å². The van der Waals surface area contributed by atoms with Crippen molar-refractivity contribution in [1.29, 1.82) is 0 Å². The van der Waals surface area contributed by atoms with Crippen LogP contribution in [-0.2, 0) is 4.79 Å². The molecule has 2 aliphatic rings. The molecule has 6 heteroatoms. The summed E-state index contributed by atoms with van der Waals surface area (Å²) in [6.07, 6.45) is 0.567. The van der Waals surface area contributed by atoms with E-state index in [4.69, 9.17) is 0 Å². The largest absolute Gasteiger partial charge is 0.367 e. The van der Waals surface area contributed by atoms with Crippen LogP contribution in [0.15, 0.2) is 48.5 Å². The highest BCUT2D eigenvalue weighted by molar-refractivity contribution is 5.94. The maximum Gasteiger partial charge on any atom is 0.226 e. The summed E-state index contributed by atoms with van der Waals surface area (Å²) in [5.74, 6) is -0.312. The predicted molar refractivity (Wildman–Crippen MR) is 106 cm³/mol. The summed E-state index contributed by atoms with van der Waals surface area (Å²) in [6, 6.07) is 14.9. The number of carbonyl (C=O) groups excluding carboxylic acids is 2. The molecule has 146 valence electrons. The van der Waals surface area contributed by atoms with Crippen molar-refractivity contribution in [2.45, 2.75) is 19.4 Å². The quantitative estimate of drug-likeness (QED) is 0.590. The van der Waals surface area contributed by atoms with E-state index in [1.54, 1.807) is 12.1 Å². The van der Waals surface area contributed by atoms with Crippen LogP contribution in [0.1, 0.15) is 35.3 Å². The number of halogens is 1. The number of piperazine rings is 1. The van der Waals surface area contributed by atoms with Gasteiger partial charge in [0.25, 0.3) is 0 Å². The van der Waals surface area contributed by atoms with Crippen LogP contribution in [0.3, 0.4) is 0 Å². The van der Waals surface area contributed by atoms with Gasteiger partial charge in [0.1, 0.15) is 5.82 Å². The fourth-order valence-corrected chi connectivity index (χ4v) is 3.93. The lowest BCUT2D eigenvalue weighted by Gasteiger charge is -2.45. The maximum atomic E-state index is 14.4. The van der Waals surface area contributed by atoms with Gasteiger partial charge in [-0.05, 0) is 30.7 Å². The van der Waals surface area contributed by atoms with E-state index in [1.165, 1.54) is 18.6 Å². The molecule has 2 fully saturated rings. The van der Waals surface area contributed by atoms with Crippen molar-refractivity contribution in [2.75, 3.05) is 37.7 Å². The van der Waals surface area contributed by atoms with Gasteiger partial charge in [0, 0.05) is 31.7 Å². The molecule has 0 bridgehead atoms. The molecule has 4 rings (SSSR count). The van der Waals surface area contributed by atoms with E-state index in [-0.39, 0.29) is 23.5 Å². The van der Waals surface area contributed by atoms with Crippen molar-refractivity contribution in [3.8, 4) is 0 Å². The smallest absolute Gasteiger partial charge is 0.226 e. The molecule has 5 nitrogen and oxygen atoms in total. The molecule has 0 aromatic heterocycles. The molecule has 0 spiro atoms. The number of ketones is 1. The molecule has 0 radical (unpaired) electrons. The maximum absolute atomic E-state index is 14.4. The number of hydrogen-bond donors (Lipinski definition) is 0. The monoisotopic (exact) mass is 381 g/mol. The van der Waals surface area contributed by atoms with Gasteiger partial charge >= 0.3 is 0 Å². The minimum atomic E-state index is -0.358. The SMILES string of the molecule is CC(=O)c1ccc(N2CCN(CN3C(=O)CC3c3ccccc3)CC2)c(F)c1. The van der Waals surface area contributed by atoms with Gasteiger partial charge in [-0.15, -0.1) is 0 Å². The van der Waals surface area contributed by atoms with E-state index in [9.17, 15) is 14.0 Å². The van der Waals surface area contributed by atoms with Crippen molar-refractivity contribution < 1.29 is 14.0 Å². The van der Waals surface area contributed by atoms with Gasteiger partial charge in [-0.3, -0.25) is 14.5 Å². The van der Waals surface area contributed by atoms with E-state index in [0.717, 1.165) is 13.1 Å². The Kier molecular flexibility index (Phi) is 5.13. The zero-order valence-electron chi connectivity index (χ0n) is 16.0. The number of amides is 1. The van der Waals surface area contributed by atoms with Gasteiger partial charge in [0.15, 0.2) is 5.78 Å². The summed E-state index contributed by atoms with van der Waals surface area (Å²) in [6.45, 7) is 4.95. The van der Waals surface area contributed by atoms with Crippen LogP contribution >= 0.6 is 0 Å². The van der Waals surface area contributed by atoms with E-state index < -0.39 is 0 Å². The van der Waals surface area contributed by atoms with Crippen LogP contribution in [0.4, 0.5) is 10.1 Å². The molecule has 2 heterocycles. The van der Waals surface area contributed by atoms with Crippen molar-refractivity contribution >= 4 is 17.4 Å². The van der Waals surface area contributed by atoms with Gasteiger partial charge in [0.05, 0.1) is 24.8 Å². The van der Waals surface area contributed by atoms with Crippen LogP contribution in [0.5, 0.6) is 0 Å². The normalized spacial score (nSPS) is 20.2. The zero-order chi connectivity index (χ0) is 19.7. The van der Waals surface area contributed by atoms with Crippen LogP contribution in [0, 0.1) is 5.82 Å². The summed E-state index contributed by atoms with van der Waals surface area (Å²) in [4.78, 5) is 29.7. The number of likely N-dealkylation sites (tertiary alicyclic amines) is 1. The second-order valence-corrected chi connectivity index (χ2v) is 7.46. The Balaban J connectivity index is 1.36. The molecule has 2 aromatic carbocycles. The number of rotatable bonds is 5. The number of nitrogens with zero attached hydrogens (tertiary/aromatic N) is 3. The first-order valence-corrected chi connectivity index (χ1v) is 9.65. The first-order chi connectivity index (χ1) is 13.5. The lowest BCUT2D eigenvalue weighted by Crippen LogP contribution is -2.55. The minimum Gasteiger partial charge on any atom is -0.367 e. The van der Waals surface area contributed by atoms with Crippen LogP contribution in [-0.4, -0.2) is 54.3 Å². The summed E-state index contributed by atoms with van der Waals surface area (Å²) < 4.78 is 14.4. The molecule has 0 saturated carbocycles. The standard InChI is InChI=1S/C22H24FN3O2/c1-16(27)18-7-8-20(19(23)13-18)25-11-9-24(10-12-25)15-26-21(14-22(26)28)17-5-3-2-4-6-17/h2-8,13,21H,9-12,14-15H2,1H3. The van der Waals surface area contributed by atoms with Gasteiger partial charge in [-0.25, -0.2) is 4.39 Å². The first kappa shape index (κ1) is 18.6. The molecular weight excluding hydrogens is 357 g/mol. The average Bonchev–Trinajstić information content (AvgIpc) is 2.71. The van der Waals surface area contributed by atoms with E-state index in [2.05, 4.69) is 17.0 Å². The summed E-state index contributed by atoms with van der Waals surface area (Å²) >= 11 is 0. The number of β-lactam (4-membered cyclic amide) rings is 1. The van der Waals surface area contributed by atoms with Crippen molar-refractivity contribution in [1.82, 2.24) is 9.80 Å². The Bertz CT molecular complexity index is 879. The van der Waals surface area contributed by atoms with Gasteiger partial charge in [-0.2, -0.15) is 0 Å². The van der Waals surface area contributed by atoms with E-state index in [1.807, 2.05) is 28.0 Å². The van der Waals surface area contributed by atoms with Crippen LogP contribution < -0.4 is 4.90 Å². The van der Waals surface area contributed by atoms with Crippen LogP contribution in [0.25, 0.3) is 0 Å². The number of anilines is 1. The zero-order valence-corrected chi connectivity index (χ0v) is 16.0. The molecule has 2 aromatic rings. The van der Waals surface area contributed by atoms with Crippen molar-refractivity contribution in [3.63, 3.8) is 0 Å². The number of hydrogen-bond acceptors (Lipinski definition) is 4. The van der Waals surface area contributed by atoms with Gasteiger partial charge < -0.3 is 9.80 Å². The third-order valence-corrected chi connectivity index (χ3v) is 5.67. The second-order valence-electron chi connectivity index (χ2n) is 7.46. The van der Waals surface area contributed by atoms with Crippen molar-refractivity contribution in [3.05, 3.63) is 65.5 Å². The lowest BCUT2D eigenvalue weighted by atomic mass is 9.94. The number of benzene rings is 2. The Hall–Kier alpha value is -2.73. The molecule has 1 amide bonds. The predicted octanol–water partition coefficient (Wildman–Crippen LogP) is 3.08. The first-order valence-electron chi connectivity index (χ1n) is 9.65. The molecular formula is C22H24FN3O2. The fourth-order valence-electron chi connectivity index (χ4n) is 3.93. The highest BCUT2D eigenvalue weighted by Crippen LogP contribution is 2.34. The fraction of sp³-hybridized carbons (Fsp3) is 0.364. The molecule has 1 unspecified atom stereocenters. The highest BCUT2D eigenvalue weighted by atomic mass is 19.1. The molecule has 2 aliphatic heterocycles. The van der Waals surface area contributed by atoms with E-state index >= 15 is 0 Å². The third-order valence-electron chi connectivity index (χ3n) is 5.67. The number of Topliss-reactive ketones (excluding diaryl/α,β-unsaturated/α-hetero) is 1. The van der Waals surface area contributed by atoms with Gasteiger partial charge in [0.2, 0.25) is 5.91 Å². The highest BCUT2D eigenvalue weighted by Gasteiger charge is 2.38. The molecule has 28 heavy (non-hydrogen) atoms. The third kappa shape index (κ3) is 3.64. The second kappa shape index (κ2) is 7.72. The lowest BCUT2D eigenvalue weighted by molar-refractivity contribution is -0.150. The van der Waals surface area contributed by atoms with E-state index in [0.29, 0.717) is 37.4 Å². The van der Waals surface area contributed by atoms with Gasteiger partial charge in [-0.1, -0.05) is 30.3 Å². The Labute approximate surface area is 164 Å². The Morgan fingerprint density at radius 3 is 2.39 bits per heavy atom. The molecule has 0 N–H and O–H groups in total. The molecule has 1 atom stereocenters. The Morgan fingerprint density at radius 2 is 1.79 bits per heavy atom. The Morgan fingerprint density at radius 1 is 1.07 bits per heavy atom. The summed E-state index contributed by atoms with van der Waals surface area (Å²) in [7, 11) is 0. The van der Waals surface area contributed by atoms with Crippen molar-refractivity contribution in [2.24, 2.45) is 0 Å². The summed E-state index contributed by atoms with van der Waals surface area (Å²) in [5.41, 5.74) is 2.10. The number of carbonyl (C=O) groups is 2. The average molecular weight is 381 g/mol. The minimum absolute atomic E-state index is 0.137. The molecule has 2 saturated heterocycles. The summed E-state index contributed by atoms with van der Waals surface area (Å²) in [5, 5.41) is 0. The molecule has 0 aliphatic carbocycles.